The van der Waals surface area contributed by atoms with Gasteiger partial charge in [0.15, 0.2) is 0 Å². The van der Waals surface area contributed by atoms with Crippen molar-refractivity contribution in [1.29, 1.82) is 0 Å². The van der Waals surface area contributed by atoms with E-state index < -0.39 is 0 Å². The lowest BCUT2D eigenvalue weighted by Crippen LogP contribution is -2.47. The van der Waals surface area contributed by atoms with Crippen LogP contribution in [0.5, 0.6) is 6.01 Å². The standard InChI is InChI=1S/C21H28N6O2/c1-29-21-24-19(22-16-6-3-2-4-7-16)23-20(25-21)26-11-14-10-15(13-26)17-8-5-9-18(28)27(17)12-14/h5,8-9,14-16H,2-4,6-7,10-13H2,1H3,(H,22,23,24,25)/t14-,15+/m0/s1. The number of methoxy groups -OCH3 is 1. The van der Waals surface area contributed by atoms with Gasteiger partial charge in [0.25, 0.3) is 5.56 Å². The van der Waals surface area contributed by atoms with Crippen LogP contribution in [0.25, 0.3) is 0 Å². The Balaban J connectivity index is 1.41. The van der Waals surface area contributed by atoms with Gasteiger partial charge >= 0.3 is 6.01 Å². The molecule has 2 fully saturated rings. The van der Waals surface area contributed by atoms with Crippen molar-refractivity contribution in [2.24, 2.45) is 5.92 Å². The molecule has 154 valence electrons. The minimum absolute atomic E-state index is 0.103. The molecule has 8 heteroatoms. The Morgan fingerprint density at radius 3 is 2.76 bits per heavy atom. The Labute approximate surface area is 170 Å². The van der Waals surface area contributed by atoms with Gasteiger partial charge < -0.3 is 19.5 Å². The maximum atomic E-state index is 12.3. The molecule has 2 atom stereocenters. The van der Waals surface area contributed by atoms with Crippen LogP contribution in [-0.4, -0.2) is 45.8 Å². The van der Waals surface area contributed by atoms with Crippen molar-refractivity contribution in [2.75, 3.05) is 30.4 Å². The molecule has 2 aromatic heterocycles. The minimum atomic E-state index is 0.103. The maximum absolute atomic E-state index is 12.3. The number of hydrogen-bond donors (Lipinski definition) is 1. The van der Waals surface area contributed by atoms with Crippen molar-refractivity contribution in [1.82, 2.24) is 19.5 Å². The Kier molecular flexibility index (Phi) is 4.85. The Hall–Kier alpha value is -2.64. The summed E-state index contributed by atoms with van der Waals surface area (Å²) in [5, 5.41) is 3.49. The van der Waals surface area contributed by atoms with E-state index in [-0.39, 0.29) is 5.56 Å². The van der Waals surface area contributed by atoms with Gasteiger partial charge in [0.1, 0.15) is 0 Å². The van der Waals surface area contributed by atoms with Gasteiger partial charge in [0, 0.05) is 43.4 Å². The van der Waals surface area contributed by atoms with E-state index in [2.05, 4.69) is 26.3 Å². The predicted molar refractivity (Wildman–Crippen MR) is 111 cm³/mol. The minimum Gasteiger partial charge on any atom is -0.467 e. The highest BCUT2D eigenvalue weighted by Crippen LogP contribution is 2.36. The molecule has 29 heavy (non-hydrogen) atoms. The number of aromatic nitrogens is 4. The molecule has 1 saturated heterocycles. The molecule has 0 radical (unpaired) electrons. The molecule has 4 heterocycles. The number of nitrogens with zero attached hydrogens (tertiary/aromatic N) is 5. The van der Waals surface area contributed by atoms with Gasteiger partial charge in [-0.15, -0.1) is 0 Å². The number of anilines is 2. The zero-order chi connectivity index (χ0) is 19.8. The molecule has 1 saturated carbocycles. The van der Waals surface area contributed by atoms with Crippen LogP contribution in [0, 0.1) is 5.92 Å². The van der Waals surface area contributed by atoms with Gasteiger partial charge in [-0.3, -0.25) is 4.79 Å². The highest BCUT2D eigenvalue weighted by atomic mass is 16.5. The zero-order valence-electron chi connectivity index (χ0n) is 16.9. The second-order valence-corrected chi connectivity index (χ2v) is 8.53. The molecule has 0 unspecified atom stereocenters. The summed E-state index contributed by atoms with van der Waals surface area (Å²) in [6.07, 6.45) is 7.23. The number of rotatable bonds is 4. The van der Waals surface area contributed by atoms with Crippen LogP contribution in [0.15, 0.2) is 23.0 Å². The van der Waals surface area contributed by atoms with Crippen LogP contribution < -0.4 is 20.5 Å². The van der Waals surface area contributed by atoms with E-state index in [0.717, 1.165) is 44.6 Å². The quantitative estimate of drug-likeness (QED) is 0.849. The van der Waals surface area contributed by atoms with Gasteiger partial charge in [0.05, 0.1) is 7.11 Å². The first kappa shape index (κ1) is 18.4. The van der Waals surface area contributed by atoms with Gasteiger partial charge in [-0.05, 0) is 31.2 Å². The van der Waals surface area contributed by atoms with Crippen LogP contribution in [-0.2, 0) is 6.54 Å². The molecular weight excluding hydrogens is 368 g/mol. The second-order valence-electron chi connectivity index (χ2n) is 8.53. The lowest BCUT2D eigenvalue weighted by molar-refractivity contribution is 0.279. The van der Waals surface area contributed by atoms with E-state index in [1.807, 2.05) is 10.6 Å². The third-order valence-electron chi connectivity index (χ3n) is 6.49. The first-order valence-corrected chi connectivity index (χ1v) is 10.7. The average Bonchev–Trinajstić information content (AvgIpc) is 2.75. The van der Waals surface area contributed by atoms with E-state index in [1.54, 1.807) is 13.2 Å². The van der Waals surface area contributed by atoms with Crippen molar-refractivity contribution in [3.8, 4) is 6.01 Å². The molecule has 2 bridgehead atoms. The summed E-state index contributed by atoms with van der Waals surface area (Å²) >= 11 is 0. The van der Waals surface area contributed by atoms with Crippen molar-refractivity contribution in [3.05, 3.63) is 34.2 Å². The van der Waals surface area contributed by atoms with Gasteiger partial charge in [0.2, 0.25) is 11.9 Å². The summed E-state index contributed by atoms with van der Waals surface area (Å²) in [6.45, 7) is 2.40. The van der Waals surface area contributed by atoms with Crippen LogP contribution in [0.2, 0.25) is 0 Å². The first-order valence-electron chi connectivity index (χ1n) is 10.7. The fraction of sp³-hybridized carbons (Fsp3) is 0.619. The highest BCUT2D eigenvalue weighted by Gasteiger charge is 2.35. The van der Waals surface area contributed by atoms with E-state index in [9.17, 15) is 4.79 Å². The SMILES string of the molecule is COc1nc(NC2CCCCC2)nc(N2C[C@@H]3C[C@H](C2)c2cccc(=O)n2C3)n1. The largest absolute Gasteiger partial charge is 0.467 e. The number of hydrogen-bond acceptors (Lipinski definition) is 7. The molecule has 1 N–H and O–H groups in total. The number of pyridine rings is 1. The average molecular weight is 396 g/mol. The number of fused-ring (bicyclic) bond motifs is 4. The van der Waals surface area contributed by atoms with Crippen LogP contribution >= 0.6 is 0 Å². The third kappa shape index (κ3) is 3.68. The lowest BCUT2D eigenvalue weighted by Gasteiger charge is -2.42. The summed E-state index contributed by atoms with van der Waals surface area (Å²) in [6, 6.07) is 6.37. The van der Waals surface area contributed by atoms with E-state index in [4.69, 9.17) is 9.72 Å². The molecule has 3 aliphatic rings. The zero-order valence-corrected chi connectivity index (χ0v) is 16.9. The normalized spacial score (nSPS) is 24.1. The molecule has 2 aliphatic heterocycles. The summed E-state index contributed by atoms with van der Waals surface area (Å²) in [7, 11) is 1.59. The van der Waals surface area contributed by atoms with Crippen molar-refractivity contribution in [3.63, 3.8) is 0 Å². The van der Waals surface area contributed by atoms with Gasteiger partial charge in [-0.1, -0.05) is 25.3 Å². The predicted octanol–water partition coefficient (Wildman–Crippen LogP) is 2.41. The molecule has 1 aliphatic carbocycles. The summed E-state index contributed by atoms with van der Waals surface area (Å²) in [5.74, 6) is 2.00. The second kappa shape index (κ2) is 7.65. The fourth-order valence-corrected chi connectivity index (χ4v) is 5.13. The number of ether oxygens (including phenoxy) is 1. The first-order chi connectivity index (χ1) is 14.2. The van der Waals surface area contributed by atoms with Gasteiger partial charge in [-0.25, -0.2) is 0 Å². The van der Waals surface area contributed by atoms with Crippen molar-refractivity contribution in [2.45, 2.75) is 57.0 Å². The molecule has 2 aromatic rings. The Bertz CT molecular complexity index is 939. The lowest BCUT2D eigenvalue weighted by atomic mass is 9.83. The number of nitrogens with one attached hydrogen (secondary N) is 1. The number of piperidine rings is 1. The van der Waals surface area contributed by atoms with Crippen molar-refractivity contribution < 1.29 is 4.74 Å². The Morgan fingerprint density at radius 2 is 1.93 bits per heavy atom. The molecule has 0 aromatic carbocycles. The Morgan fingerprint density at radius 1 is 1.07 bits per heavy atom. The molecule has 8 nitrogen and oxygen atoms in total. The topological polar surface area (TPSA) is 85.2 Å². The molecular formula is C21H28N6O2. The summed E-state index contributed by atoms with van der Waals surface area (Å²) < 4.78 is 7.31. The third-order valence-corrected chi connectivity index (χ3v) is 6.49. The van der Waals surface area contributed by atoms with Crippen LogP contribution in [0.3, 0.4) is 0 Å². The van der Waals surface area contributed by atoms with E-state index in [1.165, 1.54) is 19.3 Å². The monoisotopic (exact) mass is 396 g/mol. The van der Waals surface area contributed by atoms with E-state index >= 15 is 0 Å². The van der Waals surface area contributed by atoms with Crippen LogP contribution in [0.1, 0.15) is 50.1 Å². The molecule has 0 spiro atoms. The summed E-state index contributed by atoms with van der Waals surface area (Å²) in [5.41, 5.74) is 1.23. The fourth-order valence-electron chi connectivity index (χ4n) is 5.13. The van der Waals surface area contributed by atoms with Crippen molar-refractivity contribution >= 4 is 11.9 Å². The van der Waals surface area contributed by atoms with Crippen LogP contribution in [0.4, 0.5) is 11.9 Å². The highest BCUT2D eigenvalue weighted by molar-refractivity contribution is 5.41. The maximum Gasteiger partial charge on any atom is 0.322 e. The smallest absolute Gasteiger partial charge is 0.322 e. The molecule has 5 rings (SSSR count). The summed E-state index contributed by atoms with van der Waals surface area (Å²) in [4.78, 5) is 28.2. The van der Waals surface area contributed by atoms with E-state index in [0.29, 0.717) is 35.8 Å². The van der Waals surface area contributed by atoms with Gasteiger partial charge in [-0.2, -0.15) is 15.0 Å². The molecule has 0 amide bonds.